The van der Waals surface area contributed by atoms with Crippen molar-refractivity contribution in [3.8, 4) is 5.69 Å². The number of carbonyl (C=O) groups is 1. The first-order chi connectivity index (χ1) is 16.4. The third-order valence-corrected chi connectivity index (χ3v) is 6.18. The number of anilines is 1. The lowest BCUT2D eigenvalue weighted by atomic mass is 9.94. The van der Waals surface area contributed by atoms with Gasteiger partial charge < -0.3 is 10.1 Å². The van der Waals surface area contributed by atoms with Gasteiger partial charge in [0.25, 0.3) is 0 Å². The molecule has 1 saturated heterocycles. The van der Waals surface area contributed by atoms with Crippen LogP contribution in [0.5, 0.6) is 0 Å². The van der Waals surface area contributed by atoms with Crippen LogP contribution in [0.25, 0.3) is 5.69 Å². The van der Waals surface area contributed by atoms with Crippen molar-refractivity contribution in [1.29, 1.82) is 0 Å². The number of aromatic nitrogens is 2. The van der Waals surface area contributed by atoms with Gasteiger partial charge in [0.15, 0.2) is 0 Å². The van der Waals surface area contributed by atoms with E-state index in [0.717, 1.165) is 30.0 Å². The molecular weight excluding hydrogens is 433 g/mol. The Morgan fingerprint density at radius 3 is 2.56 bits per heavy atom. The van der Waals surface area contributed by atoms with E-state index in [1.54, 1.807) is 23.9 Å². The number of nitrogens with one attached hydrogen (secondary N) is 2. The second kappa shape index (κ2) is 10.8. The van der Waals surface area contributed by atoms with Gasteiger partial charge in [0, 0.05) is 38.7 Å². The molecule has 2 aromatic carbocycles. The fraction of sp³-hybridized carbons (Fsp3) is 0.385. The number of hydrogen-bond donors (Lipinski definition) is 2. The molecule has 1 aromatic heterocycles. The summed E-state index contributed by atoms with van der Waals surface area (Å²) in [5.74, 6) is 0.615. The predicted octanol–water partition coefficient (Wildman–Crippen LogP) is 4.37. The van der Waals surface area contributed by atoms with Crippen LogP contribution >= 0.6 is 0 Å². The topological polar surface area (TPSA) is 71.4 Å². The van der Waals surface area contributed by atoms with Crippen LogP contribution in [0.1, 0.15) is 36.9 Å². The molecule has 2 amide bonds. The van der Waals surface area contributed by atoms with Crippen LogP contribution in [0.2, 0.25) is 0 Å². The fourth-order valence-corrected chi connectivity index (χ4v) is 4.34. The standard InChI is InChI=1S/C26H32FN5O2/c1-18(2)23-15-25(32(30-23)21-7-5-4-6-8-21)29-26(33)28-24-17-31(13-14-34-3)16-22(24)19-9-11-20(27)12-10-19/h4-12,15,18,22,24H,13-14,16-17H2,1-3H3,(H2,28,29,33)/t22-,24+/m0/s1. The molecule has 2 N–H and O–H groups in total. The number of hydrogen-bond acceptors (Lipinski definition) is 4. The zero-order valence-corrected chi connectivity index (χ0v) is 19.9. The summed E-state index contributed by atoms with van der Waals surface area (Å²) in [6.07, 6.45) is 0. The zero-order chi connectivity index (χ0) is 24.1. The number of urea groups is 1. The van der Waals surface area contributed by atoms with Gasteiger partial charge in [-0.3, -0.25) is 10.2 Å². The third-order valence-electron chi connectivity index (χ3n) is 6.18. The van der Waals surface area contributed by atoms with E-state index in [9.17, 15) is 9.18 Å². The van der Waals surface area contributed by atoms with Crippen LogP contribution in [0.3, 0.4) is 0 Å². The number of para-hydroxylation sites is 1. The van der Waals surface area contributed by atoms with Gasteiger partial charge in [0.2, 0.25) is 0 Å². The number of amides is 2. The van der Waals surface area contributed by atoms with Crippen molar-refractivity contribution >= 4 is 11.8 Å². The molecule has 7 nitrogen and oxygen atoms in total. The lowest BCUT2D eigenvalue weighted by molar-refractivity contribution is 0.159. The Balaban J connectivity index is 1.52. The minimum absolute atomic E-state index is 0.0495. The Kier molecular flexibility index (Phi) is 7.59. The van der Waals surface area contributed by atoms with Crippen molar-refractivity contribution in [1.82, 2.24) is 20.0 Å². The molecule has 0 aliphatic carbocycles. The number of carbonyl (C=O) groups excluding carboxylic acids is 1. The van der Waals surface area contributed by atoms with Crippen molar-refractivity contribution in [3.05, 3.63) is 77.7 Å². The zero-order valence-electron chi connectivity index (χ0n) is 19.9. The lowest BCUT2D eigenvalue weighted by Crippen LogP contribution is -2.42. The number of methoxy groups -OCH3 is 1. The maximum absolute atomic E-state index is 13.5. The van der Waals surface area contributed by atoms with Crippen molar-refractivity contribution in [3.63, 3.8) is 0 Å². The van der Waals surface area contributed by atoms with E-state index >= 15 is 0 Å². The van der Waals surface area contributed by atoms with Gasteiger partial charge in [-0.15, -0.1) is 0 Å². The smallest absolute Gasteiger partial charge is 0.320 e. The molecular formula is C26H32FN5O2. The molecule has 4 rings (SSSR count). The van der Waals surface area contributed by atoms with Crippen LogP contribution in [-0.2, 0) is 4.74 Å². The van der Waals surface area contributed by atoms with Crippen LogP contribution in [-0.4, -0.2) is 60.1 Å². The van der Waals surface area contributed by atoms with Crippen LogP contribution in [0, 0.1) is 5.82 Å². The molecule has 1 fully saturated rings. The van der Waals surface area contributed by atoms with Crippen molar-refractivity contribution < 1.29 is 13.9 Å². The first kappa shape index (κ1) is 23.9. The average molecular weight is 466 g/mol. The summed E-state index contributed by atoms with van der Waals surface area (Å²) in [4.78, 5) is 15.4. The maximum atomic E-state index is 13.5. The predicted molar refractivity (Wildman–Crippen MR) is 131 cm³/mol. The molecule has 2 atom stereocenters. The van der Waals surface area contributed by atoms with E-state index in [1.165, 1.54) is 12.1 Å². The fourth-order valence-electron chi connectivity index (χ4n) is 4.34. The summed E-state index contributed by atoms with van der Waals surface area (Å²) in [7, 11) is 1.68. The second-order valence-corrected chi connectivity index (χ2v) is 8.97. The van der Waals surface area contributed by atoms with E-state index in [-0.39, 0.29) is 29.7 Å². The largest absolute Gasteiger partial charge is 0.383 e. The summed E-state index contributed by atoms with van der Waals surface area (Å²) in [5, 5.41) is 10.8. The molecule has 34 heavy (non-hydrogen) atoms. The Morgan fingerprint density at radius 1 is 1.15 bits per heavy atom. The highest BCUT2D eigenvalue weighted by atomic mass is 19.1. The molecule has 1 aliphatic heterocycles. The van der Waals surface area contributed by atoms with E-state index in [2.05, 4.69) is 29.4 Å². The number of ether oxygens (including phenoxy) is 1. The van der Waals surface area contributed by atoms with Crippen LogP contribution < -0.4 is 10.6 Å². The molecule has 180 valence electrons. The first-order valence-corrected chi connectivity index (χ1v) is 11.6. The normalized spacial score (nSPS) is 18.4. The average Bonchev–Trinajstić information content (AvgIpc) is 3.43. The van der Waals surface area contributed by atoms with Gasteiger partial charge in [-0.05, 0) is 35.7 Å². The SMILES string of the molecule is COCCN1C[C@@H](NC(=O)Nc2cc(C(C)C)nn2-c2ccccc2)[C@H](c2ccc(F)cc2)C1. The molecule has 2 heterocycles. The van der Waals surface area contributed by atoms with Crippen molar-refractivity contribution in [2.45, 2.75) is 31.7 Å². The van der Waals surface area contributed by atoms with Crippen molar-refractivity contribution in [2.24, 2.45) is 0 Å². The molecule has 0 bridgehead atoms. The first-order valence-electron chi connectivity index (χ1n) is 11.6. The third kappa shape index (κ3) is 5.63. The van der Waals surface area contributed by atoms with Gasteiger partial charge >= 0.3 is 6.03 Å². The highest BCUT2D eigenvalue weighted by molar-refractivity contribution is 5.89. The number of likely N-dealkylation sites (tertiary alicyclic amines) is 1. The summed E-state index contributed by atoms with van der Waals surface area (Å²) >= 11 is 0. The number of rotatable bonds is 8. The Hall–Kier alpha value is -3.23. The highest BCUT2D eigenvalue weighted by Gasteiger charge is 2.34. The van der Waals surface area contributed by atoms with E-state index in [4.69, 9.17) is 9.84 Å². The quantitative estimate of drug-likeness (QED) is 0.518. The Labute approximate surface area is 199 Å². The van der Waals surface area contributed by atoms with E-state index < -0.39 is 0 Å². The van der Waals surface area contributed by atoms with E-state index in [0.29, 0.717) is 19.0 Å². The summed E-state index contributed by atoms with van der Waals surface area (Å²) < 4.78 is 20.5. The van der Waals surface area contributed by atoms with Gasteiger partial charge in [0.05, 0.1) is 24.0 Å². The Bertz CT molecular complexity index is 1080. The molecule has 0 saturated carbocycles. The maximum Gasteiger partial charge on any atom is 0.320 e. The number of halogens is 1. The minimum Gasteiger partial charge on any atom is -0.383 e. The molecule has 0 unspecified atom stereocenters. The summed E-state index contributed by atoms with van der Waals surface area (Å²) in [5.41, 5.74) is 2.78. The molecule has 8 heteroatoms. The highest BCUT2D eigenvalue weighted by Crippen LogP contribution is 2.28. The minimum atomic E-state index is -0.293. The number of nitrogens with zero attached hydrogens (tertiary/aromatic N) is 3. The Morgan fingerprint density at radius 2 is 1.88 bits per heavy atom. The summed E-state index contributed by atoms with van der Waals surface area (Å²) in [6, 6.07) is 17.8. The molecule has 0 radical (unpaired) electrons. The van der Waals surface area contributed by atoms with Gasteiger partial charge in [-0.25, -0.2) is 13.9 Å². The van der Waals surface area contributed by atoms with Gasteiger partial charge in [-0.2, -0.15) is 5.10 Å². The summed E-state index contributed by atoms with van der Waals surface area (Å²) in [6.45, 7) is 6.98. The number of benzene rings is 2. The monoisotopic (exact) mass is 465 g/mol. The van der Waals surface area contributed by atoms with Crippen LogP contribution in [0.4, 0.5) is 15.0 Å². The van der Waals surface area contributed by atoms with Crippen LogP contribution in [0.15, 0.2) is 60.7 Å². The van der Waals surface area contributed by atoms with Crippen molar-refractivity contribution in [2.75, 3.05) is 38.7 Å². The van der Waals surface area contributed by atoms with Gasteiger partial charge in [-0.1, -0.05) is 44.2 Å². The second-order valence-electron chi connectivity index (χ2n) is 8.97. The van der Waals surface area contributed by atoms with Gasteiger partial charge in [0.1, 0.15) is 11.6 Å². The molecule has 1 aliphatic rings. The van der Waals surface area contributed by atoms with E-state index in [1.807, 2.05) is 36.4 Å². The molecule has 3 aromatic rings. The lowest BCUT2D eigenvalue weighted by Gasteiger charge is -2.21. The molecule has 0 spiro atoms.